The van der Waals surface area contributed by atoms with Crippen molar-refractivity contribution >= 4 is 18.0 Å². The van der Waals surface area contributed by atoms with Gasteiger partial charge in [0.05, 0.1) is 11.8 Å². The summed E-state index contributed by atoms with van der Waals surface area (Å²) in [4.78, 5) is 32.0. The first-order valence-electron chi connectivity index (χ1n) is 5.98. The van der Waals surface area contributed by atoms with E-state index in [9.17, 15) is 14.0 Å². The van der Waals surface area contributed by atoms with Gasteiger partial charge in [-0.05, 0) is 12.1 Å². The van der Waals surface area contributed by atoms with Gasteiger partial charge in [-0.15, -0.1) is 0 Å². The van der Waals surface area contributed by atoms with Gasteiger partial charge in [0.1, 0.15) is 6.61 Å². The molecule has 1 aliphatic heterocycles. The molecule has 0 bridgehead atoms. The molecule has 1 aromatic rings. The molecule has 20 heavy (non-hydrogen) atoms. The van der Waals surface area contributed by atoms with E-state index in [0.717, 1.165) is 4.90 Å². The Hall–Kier alpha value is -2.57. The zero-order valence-electron chi connectivity index (χ0n) is 10.5. The summed E-state index contributed by atoms with van der Waals surface area (Å²) in [5, 5.41) is 3.60. The van der Waals surface area contributed by atoms with E-state index in [0.29, 0.717) is 6.42 Å². The van der Waals surface area contributed by atoms with Crippen molar-refractivity contribution in [2.75, 3.05) is 13.2 Å². The Morgan fingerprint density at radius 3 is 2.80 bits per heavy atom. The summed E-state index contributed by atoms with van der Waals surface area (Å²) >= 11 is 0. The van der Waals surface area contributed by atoms with Crippen molar-refractivity contribution in [1.82, 2.24) is 9.88 Å². The lowest BCUT2D eigenvalue weighted by Crippen LogP contribution is -2.31. The van der Waals surface area contributed by atoms with Gasteiger partial charge in [0.25, 0.3) is 11.8 Å². The number of hydrogen-bond donors (Lipinski definition) is 0. The average molecular weight is 276 g/mol. The van der Waals surface area contributed by atoms with Crippen LogP contribution in [0.4, 0.5) is 4.39 Å². The third-order valence-corrected chi connectivity index (χ3v) is 2.57. The second-order valence-corrected chi connectivity index (χ2v) is 3.97. The van der Waals surface area contributed by atoms with Crippen LogP contribution in [0.2, 0.25) is 0 Å². The molecule has 0 saturated heterocycles. The van der Waals surface area contributed by atoms with Gasteiger partial charge in [-0.3, -0.25) is 14.5 Å². The quantitative estimate of drug-likeness (QED) is 0.254. The monoisotopic (exact) mass is 276 g/mol. The Bertz CT molecular complexity index is 554. The van der Waals surface area contributed by atoms with Crippen molar-refractivity contribution in [3.8, 4) is 0 Å². The predicted molar refractivity (Wildman–Crippen MR) is 68.2 cm³/mol. The Kier molecular flexibility index (Phi) is 4.54. The lowest BCUT2D eigenvalue weighted by atomic mass is 10.3. The van der Waals surface area contributed by atoms with E-state index in [1.165, 1.54) is 30.6 Å². The van der Waals surface area contributed by atoms with Gasteiger partial charge >= 0.3 is 0 Å². The summed E-state index contributed by atoms with van der Waals surface area (Å²) in [5.74, 6) is -1.27. The molecule has 6 nitrogen and oxygen atoms in total. The fraction of sp³-hybridized carbons (Fsp3) is 0.231. The number of imide groups is 1. The number of pyridine rings is 1. The maximum absolute atomic E-state index is 13.1. The van der Waals surface area contributed by atoms with Crippen molar-refractivity contribution in [3.05, 3.63) is 42.0 Å². The average Bonchev–Trinajstić information content (AvgIpc) is 2.76. The maximum atomic E-state index is 13.1. The van der Waals surface area contributed by atoms with Crippen LogP contribution in [0.5, 0.6) is 0 Å². The minimum atomic E-state index is -0.626. The van der Waals surface area contributed by atoms with E-state index in [4.69, 9.17) is 4.84 Å². The topological polar surface area (TPSA) is 71.9 Å². The molecule has 104 valence electrons. The Labute approximate surface area is 114 Å². The first kappa shape index (κ1) is 13.9. The van der Waals surface area contributed by atoms with E-state index < -0.39 is 5.95 Å². The summed E-state index contributed by atoms with van der Waals surface area (Å²) in [7, 11) is 0. The first-order chi connectivity index (χ1) is 9.68. The summed E-state index contributed by atoms with van der Waals surface area (Å²) in [6, 6.07) is 3.10. The fourth-order valence-electron chi connectivity index (χ4n) is 1.58. The normalized spacial score (nSPS) is 14.6. The molecule has 0 aliphatic carbocycles. The smallest absolute Gasteiger partial charge is 0.253 e. The molecule has 2 amide bonds. The molecule has 7 heteroatoms. The van der Waals surface area contributed by atoms with Crippen LogP contribution in [-0.2, 0) is 14.4 Å². The molecule has 0 fully saturated rings. The van der Waals surface area contributed by atoms with Gasteiger partial charge < -0.3 is 4.84 Å². The lowest BCUT2D eigenvalue weighted by Gasteiger charge is -2.12. The van der Waals surface area contributed by atoms with E-state index in [-0.39, 0.29) is 30.5 Å². The number of rotatable bonds is 6. The van der Waals surface area contributed by atoms with Crippen LogP contribution in [0, 0.1) is 5.95 Å². The number of amides is 2. The molecule has 0 radical (unpaired) electrons. The van der Waals surface area contributed by atoms with Crippen molar-refractivity contribution in [2.24, 2.45) is 5.16 Å². The SMILES string of the molecule is O=C1C=CC(=O)N1CCCO/N=C/c1cccnc1[18F]. The summed E-state index contributed by atoms with van der Waals surface area (Å²) in [6.07, 6.45) is 5.47. The highest BCUT2D eigenvalue weighted by Gasteiger charge is 2.22. The molecular formula is C13H12FN3O3. The molecule has 0 saturated carbocycles. The summed E-state index contributed by atoms with van der Waals surface area (Å²) in [5.41, 5.74) is 0.224. The molecule has 1 aliphatic rings. The number of carbonyl (C=O) groups excluding carboxylic acids is 2. The van der Waals surface area contributed by atoms with Crippen LogP contribution in [0.15, 0.2) is 35.6 Å². The second kappa shape index (κ2) is 6.55. The molecule has 0 aromatic carbocycles. The van der Waals surface area contributed by atoms with Crippen LogP contribution in [0.1, 0.15) is 12.0 Å². The van der Waals surface area contributed by atoms with Gasteiger partial charge in [0.15, 0.2) is 0 Å². The molecule has 0 unspecified atom stereocenters. The van der Waals surface area contributed by atoms with Gasteiger partial charge in [-0.2, -0.15) is 4.39 Å². The Morgan fingerprint density at radius 2 is 2.10 bits per heavy atom. The van der Waals surface area contributed by atoms with Gasteiger partial charge in [-0.25, -0.2) is 4.98 Å². The van der Waals surface area contributed by atoms with Gasteiger partial charge in [-0.1, -0.05) is 5.16 Å². The van der Waals surface area contributed by atoms with E-state index >= 15 is 0 Å². The lowest BCUT2D eigenvalue weighted by molar-refractivity contribution is -0.136. The van der Waals surface area contributed by atoms with Crippen molar-refractivity contribution in [2.45, 2.75) is 6.42 Å². The van der Waals surface area contributed by atoms with Crippen LogP contribution in [0.25, 0.3) is 0 Å². The van der Waals surface area contributed by atoms with E-state index in [2.05, 4.69) is 10.1 Å². The van der Waals surface area contributed by atoms with Crippen LogP contribution >= 0.6 is 0 Å². The van der Waals surface area contributed by atoms with Crippen molar-refractivity contribution in [1.29, 1.82) is 0 Å². The Morgan fingerprint density at radius 1 is 1.35 bits per heavy atom. The highest BCUT2D eigenvalue weighted by Crippen LogP contribution is 2.04. The summed E-state index contributed by atoms with van der Waals surface area (Å²) in [6.45, 7) is 0.483. The number of nitrogens with zero attached hydrogens (tertiary/aromatic N) is 3. The minimum absolute atomic E-state index is 0.218. The van der Waals surface area contributed by atoms with E-state index in [1.807, 2.05) is 0 Å². The van der Waals surface area contributed by atoms with Crippen LogP contribution in [0.3, 0.4) is 0 Å². The zero-order chi connectivity index (χ0) is 14.4. The molecule has 0 atom stereocenters. The number of carbonyl (C=O) groups is 2. The molecule has 1 aromatic heterocycles. The molecule has 0 N–H and O–H groups in total. The van der Waals surface area contributed by atoms with Crippen molar-refractivity contribution in [3.63, 3.8) is 0 Å². The molecule has 0 spiro atoms. The van der Waals surface area contributed by atoms with Crippen LogP contribution < -0.4 is 0 Å². The highest BCUT2D eigenvalue weighted by atomic mass is 18.2. The largest absolute Gasteiger partial charge is 0.396 e. The second-order valence-electron chi connectivity index (χ2n) is 3.97. The molecule has 2 rings (SSSR count). The van der Waals surface area contributed by atoms with Gasteiger partial charge in [0, 0.05) is 31.3 Å². The minimum Gasteiger partial charge on any atom is -0.396 e. The van der Waals surface area contributed by atoms with Gasteiger partial charge in [0.2, 0.25) is 5.95 Å². The highest BCUT2D eigenvalue weighted by molar-refractivity contribution is 6.12. The number of oxime groups is 1. The van der Waals surface area contributed by atoms with Crippen molar-refractivity contribution < 1.29 is 18.8 Å². The zero-order valence-corrected chi connectivity index (χ0v) is 10.5. The number of hydrogen-bond acceptors (Lipinski definition) is 5. The number of halogens is 1. The molecular weight excluding hydrogens is 264 g/mol. The Balaban J connectivity index is 1.68. The predicted octanol–water partition coefficient (Wildman–Crippen LogP) is 0.886. The first-order valence-corrected chi connectivity index (χ1v) is 5.98. The van der Waals surface area contributed by atoms with Crippen LogP contribution in [-0.4, -0.2) is 41.1 Å². The van der Waals surface area contributed by atoms with E-state index in [1.54, 1.807) is 6.07 Å². The molecule has 2 heterocycles. The number of aromatic nitrogens is 1. The summed E-state index contributed by atoms with van der Waals surface area (Å²) < 4.78 is 13.1. The standard InChI is InChI=1S/C13H12FN3O3/c14-13-10(3-1-6-15-13)9-16-20-8-2-7-17-11(18)4-5-12(17)19/h1,3-6,9H,2,7-8H2/b16-9+/i14-1. The third-order valence-electron chi connectivity index (χ3n) is 2.57. The maximum Gasteiger partial charge on any atom is 0.253 e. The third kappa shape index (κ3) is 3.47. The fourth-order valence-corrected chi connectivity index (χ4v) is 1.58.